The van der Waals surface area contributed by atoms with Crippen molar-refractivity contribution < 1.29 is 13.9 Å². The van der Waals surface area contributed by atoms with Gasteiger partial charge in [-0.2, -0.15) is 0 Å². The van der Waals surface area contributed by atoms with Gasteiger partial charge in [0.15, 0.2) is 0 Å². The summed E-state index contributed by atoms with van der Waals surface area (Å²) in [5.74, 6) is -0.253. The fourth-order valence-electron chi connectivity index (χ4n) is 0.683. The van der Waals surface area contributed by atoms with Crippen LogP contribution in [0.4, 0.5) is 14.5 Å². The molecule has 0 aliphatic heterocycles. The number of halogens is 3. The van der Waals surface area contributed by atoms with Crippen LogP contribution in [0.1, 0.15) is 12.1 Å². The second-order valence-corrected chi connectivity index (χ2v) is 2.82. The third-order valence-electron chi connectivity index (χ3n) is 1.22. The van der Waals surface area contributed by atoms with Crippen molar-refractivity contribution in [3.8, 4) is 5.75 Å². The fourth-order valence-corrected chi connectivity index (χ4v) is 0.989. The molecule has 1 heterocycles. The quantitative estimate of drug-likeness (QED) is 0.737. The molecular weight excluding hydrogens is 234 g/mol. The molecule has 0 radical (unpaired) electrons. The van der Waals surface area contributed by atoms with Crippen molar-refractivity contribution in [3.05, 3.63) is 16.4 Å². The Kier molecular flexibility index (Phi) is 2.46. The summed E-state index contributed by atoms with van der Waals surface area (Å²) in [6.07, 6.45) is -2.73. The van der Waals surface area contributed by atoms with Gasteiger partial charge in [0.1, 0.15) is 16.0 Å². The summed E-state index contributed by atoms with van der Waals surface area (Å²) in [5.41, 5.74) is 4.42. The first-order valence-electron chi connectivity index (χ1n) is 2.95. The zero-order valence-electron chi connectivity index (χ0n) is 5.76. The highest BCUT2D eigenvalue weighted by atomic mass is 79.9. The van der Waals surface area contributed by atoms with Crippen LogP contribution in [0.3, 0.4) is 0 Å². The predicted molar refractivity (Wildman–Crippen MR) is 43.0 cm³/mol. The summed E-state index contributed by atoms with van der Waals surface area (Å²) >= 11 is 2.80. The van der Waals surface area contributed by atoms with E-state index in [0.717, 1.165) is 6.07 Å². The van der Waals surface area contributed by atoms with Gasteiger partial charge >= 0.3 is 0 Å². The Labute approximate surface area is 75.3 Å². The SMILES string of the molecule is Nc1cc(O)c(Br)nc1C(F)F. The molecule has 6 heteroatoms. The number of rotatable bonds is 1. The number of nitrogens with two attached hydrogens (primary N) is 1. The Balaban J connectivity index is 3.23. The molecule has 0 bridgehead atoms. The molecule has 0 unspecified atom stereocenters. The number of hydrogen-bond acceptors (Lipinski definition) is 3. The lowest BCUT2D eigenvalue weighted by Gasteiger charge is -2.04. The van der Waals surface area contributed by atoms with Crippen LogP contribution < -0.4 is 5.73 Å². The van der Waals surface area contributed by atoms with E-state index in [2.05, 4.69) is 20.9 Å². The second-order valence-electron chi connectivity index (χ2n) is 2.07. The zero-order chi connectivity index (χ0) is 9.30. The fraction of sp³-hybridized carbons (Fsp3) is 0.167. The monoisotopic (exact) mass is 238 g/mol. The molecule has 0 aliphatic rings. The smallest absolute Gasteiger partial charge is 0.282 e. The van der Waals surface area contributed by atoms with Crippen molar-refractivity contribution in [3.63, 3.8) is 0 Å². The highest BCUT2D eigenvalue weighted by Crippen LogP contribution is 2.30. The van der Waals surface area contributed by atoms with Gasteiger partial charge in [-0.05, 0) is 15.9 Å². The molecule has 0 amide bonds. The molecule has 1 rings (SSSR count). The average molecular weight is 239 g/mol. The summed E-state index contributed by atoms with van der Waals surface area (Å²) in [4.78, 5) is 3.36. The Hall–Kier alpha value is -0.910. The number of nitrogens with zero attached hydrogens (tertiary/aromatic N) is 1. The normalized spacial score (nSPS) is 10.7. The van der Waals surface area contributed by atoms with Crippen molar-refractivity contribution in [2.75, 3.05) is 5.73 Å². The summed E-state index contributed by atoms with van der Waals surface area (Å²) < 4.78 is 24.2. The van der Waals surface area contributed by atoms with E-state index in [1.165, 1.54) is 0 Å². The summed E-state index contributed by atoms with van der Waals surface area (Å²) in [7, 11) is 0. The highest BCUT2D eigenvalue weighted by molar-refractivity contribution is 9.10. The first-order valence-corrected chi connectivity index (χ1v) is 3.74. The number of alkyl halides is 2. The van der Waals surface area contributed by atoms with Gasteiger partial charge in [-0.25, -0.2) is 13.8 Å². The minimum Gasteiger partial charge on any atom is -0.505 e. The minimum atomic E-state index is -2.73. The molecule has 0 atom stereocenters. The summed E-state index contributed by atoms with van der Waals surface area (Å²) in [6, 6.07) is 1.03. The van der Waals surface area contributed by atoms with Gasteiger partial charge in [0.05, 0.1) is 5.69 Å². The summed E-state index contributed by atoms with van der Waals surface area (Å²) in [6.45, 7) is 0. The lowest BCUT2D eigenvalue weighted by Crippen LogP contribution is -1.98. The molecule has 0 fully saturated rings. The van der Waals surface area contributed by atoms with Crippen molar-refractivity contribution in [1.82, 2.24) is 4.98 Å². The molecule has 0 saturated heterocycles. The predicted octanol–water partition coefficient (Wildman–Crippen LogP) is 2.07. The van der Waals surface area contributed by atoms with Crippen LogP contribution in [-0.4, -0.2) is 10.1 Å². The van der Waals surface area contributed by atoms with Gasteiger partial charge in [-0.3, -0.25) is 0 Å². The maximum absolute atomic E-state index is 12.1. The van der Waals surface area contributed by atoms with E-state index in [4.69, 9.17) is 10.8 Å². The molecule has 0 aliphatic carbocycles. The molecule has 0 spiro atoms. The van der Waals surface area contributed by atoms with Crippen LogP contribution in [0.5, 0.6) is 5.75 Å². The Morgan fingerprint density at radius 1 is 1.58 bits per heavy atom. The molecule has 3 nitrogen and oxygen atoms in total. The van der Waals surface area contributed by atoms with Gasteiger partial charge in [0.25, 0.3) is 6.43 Å². The van der Waals surface area contributed by atoms with E-state index >= 15 is 0 Å². The van der Waals surface area contributed by atoms with E-state index in [1.807, 2.05) is 0 Å². The van der Waals surface area contributed by atoms with E-state index < -0.39 is 12.1 Å². The largest absolute Gasteiger partial charge is 0.505 e. The molecule has 1 aromatic rings. The van der Waals surface area contributed by atoms with Gasteiger partial charge in [0, 0.05) is 6.07 Å². The second kappa shape index (κ2) is 3.22. The van der Waals surface area contributed by atoms with E-state index in [1.54, 1.807) is 0 Å². The van der Waals surface area contributed by atoms with Crippen molar-refractivity contribution in [1.29, 1.82) is 0 Å². The first-order chi connectivity index (χ1) is 5.52. The molecule has 3 N–H and O–H groups in total. The van der Waals surface area contributed by atoms with Gasteiger partial charge < -0.3 is 10.8 Å². The van der Waals surface area contributed by atoms with Crippen LogP contribution in [0.2, 0.25) is 0 Å². The average Bonchev–Trinajstić information content (AvgIpc) is 1.96. The van der Waals surface area contributed by atoms with E-state index in [0.29, 0.717) is 0 Å². The Morgan fingerprint density at radius 3 is 2.67 bits per heavy atom. The van der Waals surface area contributed by atoms with Crippen molar-refractivity contribution >= 4 is 21.6 Å². The number of anilines is 1. The highest BCUT2D eigenvalue weighted by Gasteiger charge is 2.15. The maximum Gasteiger partial charge on any atom is 0.282 e. The standard InChI is InChI=1S/C6H5BrF2N2O/c7-5-3(12)1-2(10)4(11-5)6(8)9/h1,6,12H,10H2. The van der Waals surface area contributed by atoms with Gasteiger partial charge in [-0.15, -0.1) is 0 Å². The molecule has 0 saturated carbocycles. The topological polar surface area (TPSA) is 59.1 Å². The summed E-state index contributed by atoms with van der Waals surface area (Å²) in [5, 5.41) is 8.97. The number of hydrogen-bond donors (Lipinski definition) is 2. The lowest BCUT2D eigenvalue weighted by atomic mass is 10.3. The number of aromatic nitrogens is 1. The lowest BCUT2D eigenvalue weighted by molar-refractivity contribution is 0.146. The zero-order valence-corrected chi connectivity index (χ0v) is 7.35. The first kappa shape index (κ1) is 9.18. The maximum atomic E-state index is 12.1. The number of pyridine rings is 1. The van der Waals surface area contributed by atoms with E-state index in [9.17, 15) is 8.78 Å². The van der Waals surface area contributed by atoms with Crippen molar-refractivity contribution in [2.45, 2.75) is 6.43 Å². The van der Waals surface area contributed by atoms with Crippen LogP contribution in [0.25, 0.3) is 0 Å². The molecule has 12 heavy (non-hydrogen) atoms. The van der Waals surface area contributed by atoms with Gasteiger partial charge in [-0.1, -0.05) is 0 Å². The van der Waals surface area contributed by atoms with Gasteiger partial charge in [0.2, 0.25) is 0 Å². The minimum absolute atomic E-state index is 0.0352. The molecule has 66 valence electrons. The molecular formula is C6H5BrF2N2O. The Bertz CT molecular complexity index is 306. The van der Waals surface area contributed by atoms with Crippen LogP contribution in [-0.2, 0) is 0 Å². The third kappa shape index (κ3) is 1.63. The van der Waals surface area contributed by atoms with Crippen LogP contribution in [0, 0.1) is 0 Å². The van der Waals surface area contributed by atoms with E-state index in [-0.39, 0.29) is 16.0 Å². The molecule has 0 aromatic carbocycles. The van der Waals surface area contributed by atoms with Crippen LogP contribution >= 0.6 is 15.9 Å². The number of aromatic hydroxyl groups is 1. The molecule has 1 aromatic heterocycles. The third-order valence-corrected chi connectivity index (χ3v) is 1.81. The number of nitrogen functional groups attached to an aromatic ring is 1. The van der Waals surface area contributed by atoms with Crippen LogP contribution in [0.15, 0.2) is 10.7 Å². The Morgan fingerprint density at radius 2 is 2.17 bits per heavy atom. The van der Waals surface area contributed by atoms with Crippen molar-refractivity contribution in [2.24, 2.45) is 0 Å².